The first-order chi connectivity index (χ1) is 13.3. The fraction of sp³-hybridized carbons (Fsp3) is 0.348. The molecular weight excluding hydrogens is 354 g/mol. The summed E-state index contributed by atoms with van der Waals surface area (Å²) in [5.41, 5.74) is 3.71. The number of furan rings is 1. The van der Waals surface area contributed by atoms with Crippen molar-refractivity contribution in [2.24, 2.45) is 0 Å². The standard InChI is InChI=1S/C23H27NO4/c1-14(2)24-11-18(25)13-28-22-9-19-16(4)12-27-21(19)10-20(22)23(26)17-7-5-15(3)6-8-17/h5-10,12,14,18,24-25H,11,13H2,1-4H3. The van der Waals surface area contributed by atoms with E-state index in [1.54, 1.807) is 24.5 Å². The molecule has 0 saturated heterocycles. The minimum atomic E-state index is -0.675. The van der Waals surface area contributed by atoms with Gasteiger partial charge in [0.15, 0.2) is 5.78 Å². The van der Waals surface area contributed by atoms with Crippen LogP contribution in [0.4, 0.5) is 0 Å². The molecule has 2 aromatic carbocycles. The van der Waals surface area contributed by atoms with Gasteiger partial charge >= 0.3 is 0 Å². The molecule has 1 aromatic heterocycles. The molecule has 5 heteroatoms. The maximum Gasteiger partial charge on any atom is 0.196 e. The quantitative estimate of drug-likeness (QED) is 0.577. The van der Waals surface area contributed by atoms with Gasteiger partial charge in [-0.05, 0) is 31.5 Å². The zero-order valence-corrected chi connectivity index (χ0v) is 16.8. The van der Waals surface area contributed by atoms with E-state index >= 15 is 0 Å². The number of benzene rings is 2. The number of aliphatic hydroxyl groups is 1. The summed E-state index contributed by atoms with van der Waals surface area (Å²) in [5, 5.41) is 14.2. The van der Waals surface area contributed by atoms with Crippen LogP contribution in [0.2, 0.25) is 0 Å². The Hall–Kier alpha value is -2.63. The molecule has 1 atom stereocenters. The Labute approximate surface area is 165 Å². The fourth-order valence-corrected chi connectivity index (χ4v) is 2.95. The summed E-state index contributed by atoms with van der Waals surface area (Å²) >= 11 is 0. The number of rotatable bonds is 8. The number of hydrogen-bond acceptors (Lipinski definition) is 5. The van der Waals surface area contributed by atoms with Crippen molar-refractivity contribution in [3.05, 3.63) is 64.9 Å². The number of carbonyl (C=O) groups is 1. The van der Waals surface area contributed by atoms with Gasteiger partial charge in [0.25, 0.3) is 0 Å². The van der Waals surface area contributed by atoms with Crippen molar-refractivity contribution >= 4 is 16.8 Å². The van der Waals surface area contributed by atoms with Crippen molar-refractivity contribution in [1.82, 2.24) is 5.32 Å². The first kappa shape index (κ1) is 20.1. The number of nitrogens with one attached hydrogen (secondary N) is 1. The molecule has 0 amide bonds. The molecule has 0 radical (unpaired) electrons. The van der Waals surface area contributed by atoms with E-state index in [4.69, 9.17) is 9.15 Å². The van der Waals surface area contributed by atoms with Gasteiger partial charge in [-0.2, -0.15) is 0 Å². The first-order valence-corrected chi connectivity index (χ1v) is 9.52. The van der Waals surface area contributed by atoms with Crippen LogP contribution in [0.1, 0.15) is 40.9 Å². The van der Waals surface area contributed by atoms with Gasteiger partial charge in [-0.15, -0.1) is 0 Å². The molecule has 3 rings (SSSR count). The van der Waals surface area contributed by atoms with Crippen LogP contribution in [-0.2, 0) is 0 Å². The Balaban J connectivity index is 1.90. The van der Waals surface area contributed by atoms with Gasteiger partial charge in [0, 0.05) is 23.5 Å². The second-order valence-electron chi connectivity index (χ2n) is 7.49. The minimum absolute atomic E-state index is 0.0936. The van der Waals surface area contributed by atoms with E-state index < -0.39 is 6.10 Å². The second kappa shape index (κ2) is 8.59. The summed E-state index contributed by atoms with van der Waals surface area (Å²) in [5.74, 6) is 0.312. The van der Waals surface area contributed by atoms with Crippen molar-refractivity contribution < 1.29 is 19.1 Å². The van der Waals surface area contributed by atoms with Gasteiger partial charge in [0.1, 0.15) is 24.0 Å². The van der Waals surface area contributed by atoms with Gasteiger partial charge in [0.2, 0.25) is 0 Å². The lowest BCUT2D eigenvalue weighted by atomic mass is 10.00. The highest BCUT2D eigenvalue weighted by atomic mass is 16.5. The van der Waals surface area contributed by atoms with Crippen molar-refractivity contribution in [2.75, 3.05) is 13.2 Å². The van der Waals surface area contributed by atoms with Crippen LogP contribution in [0.3, 0.4) is 0 Å². The third-order valence-corrected chi connectivity index (χ3v) is 4.62. The number of hydrogen-bond donors (Lipinski definition) is 2. The smallest absolute Gasteiger partial charge is 0.196 e. The molecule has 0 spiro atoms. The monoisotopic (exact) mass is 381 g/mol. The van der Waals surface area contributed by atoms with Crippen LogP contribution in [-0.4, -0.2) is 36.2 Å². The van der Waals surface area contributed by atoms with Crippen LogP contribution in [0.25, 0.3) is 11.0 Å². The van der Waals surface area contributed by atoms with E-state index in [1.807, 2.05) is 45.9 Å². The van der Waals surface area contributed by atoms with Crippen LogP contribution in [0.15, 0.2) is 47.1 Å². The third-order valence-electron chi connectivity index (χ3n) is 4.62. The Morgan fingerprint density at radius 2 is 1.89 bits per heavy atom. The van der Waals surface area contributed by atoms with E-state index in [0.29, 0.717) is 29.0 Å². The molecule has 1 unspecified atom stereocenters. The topological polar surface area (TPSA) is 71.7 Å². The average molecular weight is 381 g/mol. The Kier molecular flexibility index (Phi) is 6.17. The summed E-state index contributed by atoms with van der Waals surface area (Å²) in [4.78, 5) is 13.1. The van der Waals surface area contributed by atoms with Crippen molar-refractivity contribution in [3.8, 4) is 5.75 Å². The summed E-state index contributed by atoms with van der Waals surface area (Å²) in [6.07, 6.45) is 0.988. The van der Waals surface area contributed by atoms with Crippen LogP contribution in [0, 0.1) is 13.8 Å². The van der Waals surface area contributed by atoms with Crippen LogP contribution < -0.4 is 10.1 Å². The summed E-state index contributed by atoms with van der Waals surface area (Å²) in [6.45, 7) is 8.47. The number of ether oxygens (including phenoxy) is 1. The molecule has 1 heterocycles. The molecule has 0 aliphatic carbocycles. The number of fused-ring (bicyclic) bond motifs is 1. The largest absolute Gasteiger partial charge is 0.490 e. The maximum atomic E-state index is 13.1. The van der Waals surface area contributed by atoms with Crippen molar-refractivity contribution in [2.45, 2.75) is 39.8 Å². The zero-order chi connectivity index (χ0) is 20.3. The van der Waals surface area contributed by atoms with Gasteiger partial charge in [-0.3, -0.25) is 4.79 Å². The van der Waals surface area contributed by atoms with E-state index in [9.17, 15) is 9.90 Å². The lowest BCUT2D eigenvalue weighted by molar-refractivity contribution is 0.0982. The Morgan fingerprint density at radius 3 is 2.57 bits per heavy atom. The lowest BCUT2D eigenvalue weighted by Crippen LogP contribution is -2.35. The minimum Gasteiger partial charge on any atom is -0.490 e. The predicted molar refractivity (Wildman–Crippen MR) is 110 cm³/mol. The molecule has 0 saturated carbocycles. The van der Waals surface area contributed by atoms with E-state index in [1.165, 1.54) is 0 Å². The Morgan fingerprint density at radius 1 is 1.18 bits per heavy atom. The van der Waals surface area contributed by atoms with Crippen molar-refractivity contribution in [1.29, 1.82) is 0 Å². The van der Waals surface area contributed by atoms with E-state index in [2.05, 4.69) is 5.32 Å². The van der Waals surface area contributed by atoms with Gasteiger partial charge in [-0.1, -0.05) is 43.7 Å². The maximum absolute atomic E-state index is 13.1. The molecule has 0 fully saturated rings. The molecule has 148 valence electrons. The van der Waals surface area contributed by atoms with E-state index in [-0.39, 0.29) is 18.4 Å². The van der Waals surface area contributed by atoms with E-state index in [0.717, 1.165) is 16.5 Å². The number of ketones is 1. The van der Waals surface area contributed by atoms with Crippen molar-refractivity contribution in [3.63, 3.8) is 0 Å². The molecule has 28 heavy (non-hydrogen) atoms. The zero-order valence-electron chi connectivity index (χ0n) is 16.8. The molecule has 0 aliphatic rings. The summed E-state index contributed by atoms with van der Waals surface area (Å²) < 4.78 is 11.5. The number of aryl methyl sites for hydroxylation is 2. The first-order valence-electron chi connectivity index (χ1n) is 9.52. The molecule has 0 bridgehead atoms. The normalized spacial score (nSPS) is 12.5. The molecule has 0 aliphatic heterocycles. The summed E-state index contributed by atoms with van der Waals surface area (Å²) in [7, 11) is 0. The summed E-state index contributed by atoms with van der Waals surface area (Å²) in [6, 6.07) is 11.2. The van der Waals surface area contributed by atoms with Crippen LogP contribution in [0.5, 0.6) is 5.75 Å². The second-order valence-corrected chi connectivity index (χ2v) is 7.49. The van der Waals surface area contributed by atoms with Gasteiger partial charge in [0.05, 0.1) is 11.8 Å². The molecule has 5 nitrogen and oxygen atoms in total. The number of carbonyl (C=O) groups excluding carboxylic acids is 1. The van der Waals surface area contributed by atoms with Gasteiger partial charge in [-0.25, -0.2) is 0 Å². The van der Waals surface area contributed by atoms with Gasteiger partial charge < -0.3 is 19.6 Å². The highest BCUT2D eigenvalue weighted by molar-refractivity contribution is 6.12. The number of aliphatic hydroxyl groups excluding tert-OH is 1. The predicted octanol–water partition coefficient (Wildman–Crippen LogP) is 4.02. The lowest BCUT2D eigenvalue weighted by Gasteiger charge is -2.17. The Bertz CT molecular complexity index is 957. The molecular formula is C23H27NO4. The molecule has 3 aromatic rings. The average Bonchev–Trinajstić information content (AvgIpc) is 3.04. The highest BCUT2D eigenvalue weighted by Gasteiger charge is 2.19. The van der Waals surface area contributed by atoms with Crippen LogP contribution >= 0.6 is 0 Å². The SMILES string of the molecule is Cc1ccc(C(=O)c2cc3occ(C)c3cc2OCC(O)CNC(C)C)cc1. The fourth-order valence-electron chi connectivity index (χ4n) is 2.95. The highest BCUT2D eigenvalue weighted by Crippen LogP contribution is 2.31. The third kappa shape index (κ3) is 4.61. The molecule has 2 N–H and O–H groups in total.